The highest BCUT2D eigenvalue weighted by molar-refractivity contribution is 6.31. The van der Waals surface area contributed by atoms with Crippen LogP contribution in [0.3, 0.4) is 0 Å². The van der Waals surface area contributed by atoms with Crippen LogP contribution in [0.5, 0.6) is 5.88 Å². The van der Waals surface area contributed by atoms with E-state index in [1.165, 1.54) is 0 Å². The normalized spacial score (nSPS) is 11.0. The molecule has 0 fully saturated rings. The van der Waals surface area contributed by atoms with Gasteiger partial charge < -0.3 is 15.0 Å². The van der Waals surface area contributed by atoms with Gasteiger partial charge in [-0.2, -0.15) is 0 Å². The van der Waals surface area contributed by atoms with E-state index in [1.807, 2.05) is 36.4 Å². The Morgan fingerprint density at radius 1 is 1.29 bits per heavy atom. The minimum atomic E-state index is 0.497. The topological polar surface area (TPSA) is 53.1 Å². The van der Waals surface area contributed by atoms with E-state index in [0.717, 1.165) is 22.2 Å². The summed E-state index contributed by atoms with van der Waals surface area (Å²) in [5.74, 6) is 0.612. The van der Waals surface area contributed by atoms with Crippen molar-refractivity contribution in [1.29, 1.82) is 0 Å². The van der Waals surface area contributed by atoms with Crippen LogP contribution in [0.1, 0.15) is 11.3 Å². The number of rotatable bonds is 4. The highest BCUT2D eigenvalue weighted by atomic mass is 35.5. The van der Waals surface area contributed by atoms with Crippen molar-refractivity contribution in [2.45, 2.75) is 13.1 Å². The molecule has 4 nitrogen and oxygen atoms in total. The molecule has 3 aromatic rings. The van der Waals surface area contributed by atoms with E-state index in [1.54, 1.807) is 7.11 Å². The van der Waals surface area contributed by atoms with E-state index in [-0.39, 0.29) is 0 Å². The number of nitrogens with zero attached hydrogens (tertiary/aromatic N) is 2. The Morgan fingerprint density at radius 3 is 2.90 bits per heavy atom. The number of halogens is 1. The summed E-state index contributed by atoms with van der Waals surface area (Å²) in [7, 11) is 1.61. The van der Waals surface area contributed by atoms with E-state index in [2.05, 4.69) is 15.7 Å². The van der Waals surface area contributed by atoms with Crippen molar-refractivity contribution in [2.24, 2.45) is 5.73 Å². The standard InChI is InChI=1S/C16H16ClN3O/c1-21-16-4-2-3-13(19-16)10-20-9-11(8-18)14-6-5-12(17)7-15(14)20/h2-7,9H,8,10,18H2,1H3. The van der Waals surface area contributed by atoms with Gasteiger partial charge in [0, 0.05) is 29.2 Å². The van der Waals surface area contributed by atoms with E-state index in [9.17, 15) is 0 Å². The van der Waals surface area contributed by atoms with Gasteiger partial charge in [0.15, 0.2) is 0 Å². The Kier molecular flexibility index (Phi) is 3.82. The fraction of sp³-hybridized carbons (Fsp3) is 0.188. The fourth-order valence-electron chi connectivity index (χ4n) is 2.47. The monoisotopic (exact) mass is 301 g/mol. The Bertz CT molecular complexity index is 782. The molecule has 0 aliphatic rings. The summed E-state index contributed by atoms with van der Waals surface area (Å²) < 4.78 is 7.28. The van der Waals surface area contributed by atoms with Gasteiger partial charge in [-0.05, 0) is 23.8 Å². The van der Waals surface area contributed by atoms with E-state index in [4.69, 9.17) is 22.1 Å². The zero-order valence-corrected chi connectivity index (χ0v) is 12.5. The molecule has 3 rings (SSSR count). The molecule has 5 heteroatoms. The predicted molar refractivity (Wildman–Crippen MR) is 84.7 cm³/mol. The van der Waals surface area contributed by atoms with Crippen LogP contribution in [0.2, 0.25) is 5.02 Å². The van der Waals surface area contributed by atoms with Gasteiger partial charge in [-0.3, -0.25) is 0 Å². The molecular weight excluding hydrogens is 286 g/mol. The van der Waals surface area contributed by atoms with Crippen LogP contribution in [-0.4, -0.2) is 16.7 Å². The van der Waals surface area contributed by atoms with Gasteiger partial charge in [-0.1, -0.05) is 23.7 Å². The first kappa shape index (κ1) is 13.9. The lowest BCUT2D eigenvalue weighted by atomic mass is 10.2. The lowest BCUT2D eigenvalue weighted by Gasteiger charge is -2.06. The first-order chi connectivity index (χ1) is 10.2. The molecule has 0 radical (unpaired) electrons. The molecule has 0 atom stereocenters. The smallest absolute Gasteiger partial charge is 0.213 e. The molecule has 2 aromatic heterocycles. The van der Waals surface area contributed by atoms with E-state index >= 15 is 0 Å². The SMILES string of the molecule is COc1cccc(Cn2cc(CN)c3ccc(Cl)cc32)n1. The zero-order valence-electron chi connectivity index (χ0n) is 11.7. The van der Waals surface area contributed by atoms with Crippen LogP contribution >= 0.6 is 11.6 Å². The van der Waals surface area contributed by atoms with E-state index in [0.29, 0.717) is 24.0 Å². The number of ether oxygens (including phenoxy) is 1. The molecule has 2 N–H and O–H groups in total. The van der Waals surface area contributed by atoms with Crippen LogP contribution in [-0.2, 0) is 13.1 Å². The minimum absolute atomic E-state index is 0.497. The van der Waals surface area contributed by atoms with Crippen LogP contribution in [0.15, 0.2) is 42.6 Å². The first-order valence-corrected chi connectivity index (χ1v) is 7.06. The molecule has 1 aromatic carbocycles. The molecule has 108 valence electrons. The summed E-state index contributed by atoms with van der Waals surface area (Å²) in [5, 5.41) is 1.84. The lowest BCUT2D eigenvalue weighted by molar-refractivity contribution is 0.396. The van der Waals surface area contributed by atoms with Crippen molar-refractivity contribution >= 4 is 22.5 Å². The Labute approximate surface area is 128 Å². The van der Waals surface area contributed by atoms with Crippen molar-refractivity contribution in [2.75, 3.05) is 7.11 Å². The molecule has 0 spiro atoms. The van der Waals surface area contributed by atoms with Crippen molar-refractivity contribution in [3.8, 4) is 5.88 Å². The second-order valence-corrected chi connectivity index (χ2v) is 5.26. The summed E-state index contributed by atoms with van der Waals surface area (Å²) in [6.45, 7) is 1.14. The molecule has 2 heterocycles. The summed E-state index contributed by atoms with van der Waals surface area (Å²) >= 11 is 6.11. The minimum Gasteiger partial charge on any atom is -0.481 e. The summed E-state index contributed by atoms with van der Waals surface area (Å²) in [6, 6.07) is 11.6. The average Bonchev–Trinajstić information content (AvgIpc) is 2.84. The summed E-state index contributed by atoms with van der Waals surface area (Å²) in [6.07, 6.45) is 2.06. The molecule has 0 unspecified atom stereocenters. The van der Waals surface area contributed by atoms with Crippen molar-refractivity contribution < 1.29 is 4.74 Å². The van der Waals surface area contributed by atoms with Crippen molar-refractivity contribution in [3.63, 3.8) is 0 Å². The number of pyridine rings is 1. The number of methoxy groups -OCH3 is 1. The number of aromatic nitrogens is 2. The molecule has 0 saturated heterocycles. The predicted octanol–water partition coefficient (Wildman–Crippen LogP) is 3.21. The van der Waals surface area contributed by atoms with Crippen molar-refractivity contribution in [3.05, 3.63) is 58.9 Å². The average molecular weight is 302 g/mol. The maximum Gasteiger partial charge on any atom is 0.213 e. The molecular formula is C16H16ClN3O. The Hall–Kier alpha value is -2.04. The second kappa shape index (κ2) is 5.76. The quantitative estimate of drug-likeness (QED) is 0.805. The Morgan fingerprint density at radius 2 is 2.14 bits per heavy atom. The van der Waals surface area contributed by atoms with Crippen LogP contribution in [0.4, 0.5) is 0 Å². The fourth-order valence-corrected chi connectivity index (χ4v) is 2.63. The highest BCUT2D eigenvalue weighted by Gasteiger charge is 2.09. The molecule has 0 amide bonds. The number of hydrogen-bond donors (Lipinski definition) is 1. The molecule has 0 saturated carbocycles. The molecule has 0 aliphatic carbocycles. The van der Waals surface area contributed by atoms with E-state index < -0.39 is 0 Å². The third kappa shape index (κ3) is 2.73. The number of nitrogens with two attached hydrogens (primary N) is 1. The summed E-state index contributed by atoms with van der Waals surface area (Å²) in [5.41, 5.74) is 8.91. The van der Waals surface area contributed by atoms with Crippen molar-refractivity contribution in [1.82, 2.24) is 9.55 Å². The van der Waals surface area contributed by atoms with Crippen LogP contribution in [0, 0.1) is 0 Å². The Balaban J connectivity index is 2.05. The molecule has 21 heavy (non-hydrogen) atoms. The van der Waals surface area contributed by atoms with Gasteiger partial charge in [0.1, 0.15) is 0 Å². The maximum absolute atomic E-state index is 6.11. The third-order valence-corrected chi connectivity index (χ3v) is 3.70. The zero-order chi connectivity index (χ0) is 14.8. The maximum atomic E-state index is 6.11. The highest BCUT2D eigenvalue weighted by Crippen LogP contribution is 2.25. The first-order valence-electron chi connectivity index (χ1n) is 6.68. The van der Waals surface area contributed by atoms with Gasteiger partial charge in [0.25, 0.3) is 0 Å². The van der Waals surface area contributed by atoms with Gasteiger partial charge in [-0.25, -0.2) is 4.98 Å². The molecule has 0 bridgehead atoms. The van der Waals surface area contributed by atoms with Crippen LogP contribution < -0.4 is 10.5 Å². The third-order valence-electron chi connectivity index (χ3n) is 3.47. The van der Waals surface area contributed by atoms with Gasteiger partial charge >= 0.3 is 0 Å². The van der Waals surface area contributed by atoms with Crippen LogP contribution in [0.25, 0.3) is 10.9 Å². The number of hydrogen-bond acceptors (Lipinski definition) is 3. The number of fused-ring (bicyclic) bond motifs is 1. The number of benzene rings is 1. The van der Waals surface area contributed by atoms with Gasteiger partial charge in [0.05, 0.1) is 24.9 Å². The van der Waals surface area contributed by atoms with Gasteiger partial charge in [0.2, 0.25) is 5.88 Å². The lowest BCUT2D eigenvalue weighted by Crippen LogP contribution is -2.01. The van der Waals surface area contributed by atoms with Gasteiger partial charge in [-0.15, -0.1) is 0 Å². The summed E-state index contributed by atoms with van der Waals surface area (Å²) in [4.78, 5) is 4.44. The largest absolute Gasteiger partial charge is 0.481 e. The molecule has 0 aliphatic heterocycles. The second-order valence-electron chi connectivity index (χ2n) is 4.82.